The lowest BCUT2D eigenvalue weighted by atomic mass is 9.76. The molecule has 0 aliphatic rings. The van der Waals surface area contributed by atoms with E-state index >= 15 is 0 Å². The molecule has 0 heterocycles. The van der Waals surface area contributed by atoms with Gasteiger partial charge in [-0.3, -0.25) is 4.79 Å². The van der Waals surface area contributed by atoms with Gasteiger partial charge in [0.15, 0.2) is 0 Å². The van der Waals surface area contributed by atoms with E-state index in [0.717, 1.165) is 18.6 Å². The Balaban J connectivity index is 4.07. The zero-order valence-corrected chi connectivity index (χ0v) is 13.4. The lowest BCUT2D eigenvalue weighted by molar-refractivity contribution is -0.122. The summed E-state index contributed by atoms with van der Waals surface area (Å²) in [5.74, 6) is 1.66. The molecule has 0 rings (SSSR count). The van der Waals surface area contributed by atoms with Crippen LogP contribution in [-0.4, -0.2) is 30.5 Å². The number of hydrogen-bond acceptors (Lipinski definition) is 3. The lowest BCUT2D eigenvalue weighted by Crippen LogP contribution is -2.35. The number of nitrogens with two attached hydrogens (primary N) is 1. The van der Waals surface area contributed by atoms with Crippen LogP contribution in [0.4, 0.5) is 0 Å². The van der Waals surface area contributed by atoms with Crippen molar-refractivity contribution in [1.29, 1.82) is 0 Å². The van der Waals surface area contributed by atoms with Crippen LogP contribution in [0, 0.1) is 11.3 Å². The molecule has 0 fully saturated rings. The van der Waals surface area contributed by atoms with Crippen molar-refractivity contribution in [2.75, 3.05) is 18.6 Å². The van der Waals surface area contributed by atoms with E-state index in [9.17, 15) is 4.79 Å². The van der Waals surface area contributed by atoms with Gasteiger partial charge < -0.3 is 11.1 Å². The van der Waals surface area contributed by atoms with Gasteiger partial charge in [0.25, 0.3) is 0 Å². The van der Waals surface area contributed by atoms with Gasteiger partial charge in [-0.25, -0.2) is 0 Å². The second-order valence-corrected chi connectivity index (χ2v) is 7.01. The summed E-state index contributed by atoms with van der Waals surface area (Å²) in [6, 6.07) is 0.259. The molecule has 0 saturated heterocycles. The van der Waals surface area contributed by atoms with Crippen molar-refractivity contribution in [1.82, 2.24) is 5.32 Å². The summed E-state index contributed by atoms with van der Waals surface area (Å²) in [4.78, 5) is 11.8. The van der Waals surface area contributed by atoms with Crippen LogP contribution in [0.2, 0.25) is 0 Å². The molecule has 0 radical (unpaired) electrons. The van der Waals surface area contributed by atoms with Gasteiger partial charge in [-0.15, -0.1) is 0 Å². The molecule has 4 heteroatoms. The van der Waals surface area contributed by atoms with Crippen LogP contribution in [0.5, 0.6) is 0 Å². The minimum atomic E-state index is 0.169. The highest BCUT2D eigenvalue weighted by molar-refractivity contribution is 7.98. The topological polar surface area (TPSA) is 55.1 Å². The minimum absolute atomic E-state index is 0.169. The highest BCUT2D eigenvalue weighted by atomic mass is 32.2. The molecule has 2 atom stereocenters. The van der Waals surface area contributed by atoms with E-state index < -0.39 is 0 Å². The van der Waals surface area contributed by atoms with E-state index in [-0.39, 0.29) is 17.4 Å². The van der Waals surface area contributed by atoms with E-state index in [2.05, 4.69) is 39.3 Å². The first-order chi connectivity index (χ1) is 8.31. The SMILES string of the molecule is CSCC(C)NC(=O)CCC(CCN)C(C)(C)C. The van der Waals surface area contributed by atoms with Gasteiger partial charge in [0.2, 0.25) is 5.91 Å². The molecule has 0 aromatic heterocycles. The van der Waals surface area contributed by atoms with Crippen molar-refractivity contribution in [3.8, 4) is 0 Å². The third-order valence-electron chi connectivity index (χ3n) is 3.28. The number of nitrogens with one attached hydrogen (secondary N) is 1. The number of carbonyl (C=O) groups excluding carboxylic acids is 1. The normalized spacial score (nSPS) is 15.2. The Morgan fingerprint density at radius 3 is 2.39 bits per heavy atom. The quantitative estimate of drug-likeness (QED) is 0.715. The number of rotatable bonds is 8. The molecular weight excluding hydrogens is 244 g/mol. The summed E-state index contributed by atoms with van der Waals surface area (Å²) in [6.07, 6.45) is 4.59. The molecule has 1 amide bonds. The summed E-state index contributed by atoms with van der Waals surface area (Å²) in [7, 11) is 0. The van der Waals surface area contributed by atoms with E-state index in [1.165, 1.54) is 0 Å². The van der Waals surface area contributed by atoms with Gasteiger partial charge in [0.05, 0.1) is 0 Å². The van der Waals surface area contributed by atoms with E-state index in [4.69, 9.17) is 5.73 Å². The molecule has 0 bridgehead atoms. The Morgan fingerprint density at radius 2 is 1.94 bits per heavy atom. The maximum absolute atomic E-state index is 11.8. The highest BCUT2D eigenvalue weighted by Gasteiger charge is 2.24. The van der Waals surface area contributed by atoms with Gasteiger partial charge in [-0.1, -0.05) is 20.8 Å². The van der Waals surface area contributed by atoms with Crippen molar-refractivity contribution >= 4 is 17.7 Å². The largest absolute Gasteiger partial charge is 0.353 e. The van der Waals surface area contributed by atoms with Crippen LogP contribution in [0.1, 0.15) is 47.0 Å². The molecule has 108 valence electrons. The van der Waals surface area contributed by atoms with E-state index in [0.29, 0.717) is 18.9 Å². The minimum Gasteiger partial charge on any atom is -0.353 e. The second-order valence-electron chi connectivity index (χ2n) is 6.10. The standard InChI is InChI=1S/C14H30N2OS/c1-11(10-18-5)16-13(17)7-6-12(8-9-15)14(2,3)4/h11-12H,6-10,15H2,1-5H3,(H,16,17). The molecule has 3 N–H and O–H groups in total. The van der Waals surface area contributed by atoms with Crippen molar-refractivity contribution in [2.45, 2.75) is 53.0 Å². The zero-order valence-electron chi connectivity index (χ0n) is 12.6. The van der Waals surface area contributed by atoms with Crippen molar-refractivity contribution in [3.63, 3.8) is 0 Å². The summed E-state index contributed by atoms with van der Waals surface area (Å²) in [6.45, 7) is 9.42. The van der Waals surface area contributed by atoms with Crippen LogP contribution in [-0.2, 0) is 4.79 Å². The number of carbonyl (C=O) groups is 1. The molecular formula is C14H30N2OS. The molecule has 0 saturated carbocycles. The van der Waals surface area contributed by atoms with Crippen molar-refractivity contribution in [3.05, 3.63) is 0 Å². The zero-order chi connectivity index (χ0) is 14.2. The summed E-state index contributed by atoms with van der Waals surface area (Å²) >= 11 is 1.76. The Labute approximate surface area is 117 Å². The Morgan fingerprint density at radius 1 is 1.33 bits per heavy atom. The molecule has 0 aliphatic carbocycles. The summed E-state index contributed by atoms with van der Waals surface area (Å²) in [5.41, 5.74) is 5.88. The molecule has 0 aliphatic heterocycles. The smallest absolute Gasteiger partial charge is 0.220 e. The van der Waals surface area contributed by atoms with Gasteiger partial charge >= 0.3 is 0 Å². The highest BCUT2D eigenvalue weighted by Crippen LogP contribution is 2.31. The van der Waals surface area contributed by atoms with Gasteiger partial charge in [-0.05, 0) is 43.9 Å². The third-order valence-corrected chi connectivity index (χ3v) is 4.12. The van der Waals surface area contributed by atoms with Crippen LogP contribution in [0.3, 0.4) is 0 Å². The predicted molar refractivity (Wildman–Crippen MR) is 81.8 cm³/mol. The first kappa shape index (κ1) is 17.8. The summed E-state index contributed by atoms with van der Waals surface area (Å²) in [5, 5.41) is 3.04. The maximum atomic E-state index is 11.8. The average molecular weight is 274 g/mol. The lowest BCUT2D eigenvalue weighted by Gasteiger charge is -2.30. The Hall–Kier alpha value is -0.220. The van der Waals surface area contributed by atoms with Crippen LogP contribution in [0.25, 0.3) is 0 Å². The summed E-state index contributed by atoms with van der Waals surface area (Å²) < 4.78 is 0. The molecule has 3 nitrogen and oxygen atoms in total. The molecule has 0 spiro atoms. The van der Waals surface area contributed by atoms with E-state index in [1.54, 1.807) is 11.8 Å². The average Bonchev–Trinajstić information content (AvgIpc) is 2.22. The molecule has 2 unspecified atom stereocenters. The van der Waals surface area contributed by atoms with Gasteiger partial charge in [0.1, 0.15) is 0 Å². The maximum Gasteiger partial charge on any atom is 0.220 e. The fourth-order valence-corrected chi connectivity index (χ4v) is 2.74. The molecule has 18 heavy (non-hydrogen) atoms. The number of hydrogen-bond donors (Lipinski definition) is 2. The van der Waals surface area contributed by atoms with E-state index in [1.807, 2.05) is 0 Å². The molecule has 0 aromatic carbocycles. The first-order valence-corrected chi connectivity index (χ1v) is 8.19. The van der Waals surface area contributed by atoms with Crippen molar-refractivity contribution in [2.24, 2.45) is 17.1 Å². The third kappa shape index (κ3) is 7.98. The fourth-order valence-electron chi connectivity index (χ4n) is 2.16. The van der Waals surface area contributed by atoms with Gasteiger partial charge in [-0.2, -0.15) is 11.8 Å². The van der Waals surface area contributed by atoms with Crippen LogP contribution >= 0.6 is 11.8 Å². The van der Waals surface area contributed by atoms with Gasteiger partial charge in [0, 0.05) is 18.2 Å². The Bertz CT molecular complexity index is 238. The second kappa shape index (κ2) is 8.81. The van der Waals surface area contributed by atoms with Crippen LogP contribution < -0.4 is 11.1 Å². The van der Waals surface area contributed by atoms with Crippen LogP contribution in [0.15, 0.2) is 0 Å². The fraction of sp³-hybridized carbons (Fsp3) is 0.929. The number of thioether (sulfide) groups is 1. The number of amides is 1. The monoisotopic (exact) mass is 274 g/mol. The van der Waals surface area contributed by atoms with Crippen molar-refractivity contribution < 1.29 is 4.79 Å². The Kier molecular flexibility index (Phi) is 8.70. The molecule has 0 aromatic rings. The predicted octanol–water partition coefficient (Wildman–Crippen LogP) is 2.65. The first-order valence-electron chi connectivity index (χ1n) is 6.79.